The van der Waals surface area contributed by atoms with E-state index in [0.717, 1.165) is 24.2 Å². The standard InChI is InChI=1S/C29H29N3O7S/c1-5-7-14-38-22-12-11-20(17-23(22)37-4)26-25(28(34)39-13-6-2)18(3)30-29-31(26)27(33)24(40-29)16-19-9-8-10-21(15-19)32(35)36/h6,8-12,15-17,26H,2,5,7,13-14H2,1,3-4H3. The van der Waals surface area contributed by atoms with Gasteiger partial charge in [0.15, 0.2) is 16.3 Å². The Morgan fingerprint density at radius 1 is 1.25 bits per heavy atom. The van der Waals surface area contributed by atoms with Gasteiger partial charge in [0.2, 0.25) is 0 Å². The number of nitrogens with zero attached hydrogens (tertiary/aromatic N) is 3. The van der Waals surface area contributed by atoms with Gasteiger partial charge in [-0.25, -0.2) is 9.79 Å². The predicted octanol–water partition coefficient (Wildman–Crippen LogP) is 4.06. The van der Waals surface area contributed by atoms with Crippen LogP contribution in [0.5, 0.6) is 11.5 Å². The number of fused-ring (bicyclic) bond motifs is 1. The fourth-order valence-electron chi connectivity index (χ4n) is 4.29. The Morgan fingerprint density at radius 3 is 2.75 bits per heavy atom. The zero-order valence-electron chi connectivity index (χ0n) is 22.4. The molecule has 10 nitrogen and oxygen atoms in total. The summed E-state index contributed by atoms with van der Waals surface area (Å²) in [6.45, 7) is 7.88. The topological polar surface area (TPSA) is 122 Å². The molecule has 0 radical (unpaired) electrons. The lowest BCUT2D eigenvalue weighted by molar-refractivity contribution is -0.384. The van der Waals surface area contributed by atoms with Crippen molar-refractivity contribution < 1.29 is 23.9 Å². The number of nitro groups is 1. The van der Waals surface area contributed by atoms with Crippen LogP contribution in [0.25, 0.3) is 6.08 Å². The molecule has 11 heteroatoms. The smallest absolute Gasteiger partial charge is 0.338 e. The summed E-state index contributed by atoms with van der Waals surface area (Å²) in [6, 6.07) is 10.4. The normalized spacial score (nSPS) is 14.8. The average Bonchev–Trinajstić information content (AvgIpc) is 3.25. The molecule has 0 saturated heterocycles. The fourth-order valence-corrected chi connectivity index (χ4v) is 5.34. The average molecular weight is 564 g/mol. The first-order valence-corrected chi connectivity index (χ1v) is 13.5. The molecule has 0 amide bonds. The monoisotopic (exact) mass is 563 g/mol. The van der Waals surface area contributed by atoms with E-state index in [4.69, 9.17) is 14.2 Å². The van der Waals surface area contributed by atoms with Gasteiger partial charge in [-0.1, -0.05) is 55.5 Å². The number of non-ortho nitro benzene ring substituents is 1. The number of ether oxygens (including phenoxy) is 3. The number of carbonyl (C=O) groups excluding carboxylic acids is 1. The number of methoxy groups -OCH3 is 1. The third kappa shape index (κ3) is 5.89. The van der Waals surface area contributed by atoms with E-state index < -0.39 is 22.5 Å². The van der Waals surface area contributed by atoms with Crippen LogP contribution in [0.1, 0.15) is 43.9 Å². The van der Waals surface area contributed by atoms with Gasteiger partial charge in [-0.3, -0.25) is 19.5 Å². The molecule has 208 valence electrons. The molecule has 1 aliphatic heterocycles. The summed E-state index contributed by atoms with van der Waals surface area (Å²) in [5.41, 5.74) is 1.22. The highest BCUT2D eigenvalue weighted by atomic mass is 32.1. The second-order valence-electron chi connectivity index (χ2n) is 8.93. The maximum absolute atomic E-state index is 13.8. The Morgan fingerprint density at radius 2 is 2.05 bits per heavy atom. The lowest BCUT2D eigenvalue weighted by Crippen LogP contribution is -2.40. The van der Waals surface area contributed by atoms with Gasteiger partial charge in [0.1, 0.15) is 6.61 Å². The van der Waals surface area contributed by atoms with Crippen molar-refractivity contribution in [3.8, 4) is 11.5 Å². The Labute approximate surface area is 234 Å². The number of esters is 1. The van der Waals surface area contributed by atoms with Crippen LogP contribution in [-0.2, 0) is 9.53 Å². The molecular formula is C29H29N3O7S. The number of nitro benzene ring substituents is 1. The number of benzene rings is 2. The zero-order valence-corrected chi connectivity index (χ0v) is 23.2. The first-order valence-electron chi connectivity index (χ1n) is 12.6. The second kappa shape index (κ2) is 12.6. The molecule has 0 saturated carbocycles. The summed E-state index contributed by atoms with van der Waals surface area (Å²) in [4.78, 5) is 42.7. The van der Waals surface area contributed by atoms with Crippen molar-refractivity contribution >= 4 is 29.1 Å². The van der Waals surface area contributed by atoms with E-state index in [1.807, 2.05) is 0 Å². The minimum atomic E-state index is -0.862. The summed E-state index contributed by atoms with van der Waals surface area (Å²) in [5.74, 6) is 0.386. The molecule has 0 fully saturated rings. The molecule has 1 atom stereocenters. The number of hydrogen-bond acceptors (Lipinski definition) is 9. The molecule has 1 unspecified atom stereocenters. The van der Waals surface area contributed by atoms with E-state index in [9.17, 15) is 19.7 Å². The van der Waals surface area contributed by atoms with Crippen molar-refractivity contribution in [2.24, 2.45) is 4.99 Å². The van der Waals surface area contributed by atoms with E-state index in [1.54, 1.807) is 43.3 Å². The summed E-state index contributed by atoms with van der Waals surface area (Å²) < 4.78 is 18.6. The molecule has 4 rings (SSSR count). The van der Waals surface area contributed by atoms with Gasteiger partial charge >= 0.3 is 5.97 Å². The van der Waals surface area contributed by atoms with Crippen LogP contribution in [0.4, 0.5) is 5.69 Å². The molecule has 1 aromatic heterocycles. The van der Waals surface area contributed by atoms with Crippen molar-refractivity contribution in [2.75, 3.05) is 20.3 Å². The molecule has 40 heavy (non-hydrogen) atoms. The van der Waals surface area contributed by atoms with Crippen molar-refractivity contribution in [1.29, 1.82) is 0 Å². The van der Waals surface area contributed by atoms with Crippen molar-refractivity contribution in [3.63, 3.8) is 0 Å². The van der Waals surface area contributed by atoms with Crippen LogP contribution in [0, 0.1) is 10.1 Å². The third-order valence-electron chi connectivity index (χ3n) is 6.21. The number of carbonyl (C=O) groups is 1. The number of unbranched alkanes of at least 4 members (excludes halogenated alkanes) is 1. The summed E-state index contributed by atoms with van der Waals surface area (Å²) in [7, 11) is 1.52. The minimum Gasteiger partial charge on any atom is -0.493 e. The van der Waals surface area contributed by atoms with Gasteiger partial charge in [0.05, 0.1) is 40.5 Å². The molecule has 1 aliphatic rings. The Kier molecular flexibility index (Phi) is 8.95. The van der Waals surface area contributed by atoms with Gasteiger partial charge in [-0.15, -0.1) is 0 Å². The van der Waals surface area contributed by atoms with Gasteiger partial charge in [-0.2, -0.15) is 0 Å². The fraction of sp³-hybridized carbons (Fsp3) is 0.276. The lowest BCUT2D eigenvalue weighted by atomic mass is 9.95. The highest BCUT2D eigenvalue weighted by Crippen LogP contribution is 2.36. The zero-order chi connectivity index (χ0) is 28.8. The quantitative estimate of drug-likeness (QED) is 0.113. The van der Waals surface area contributed by atoms with E-state index >= 15 is 0 Å². The van der Waals surface area contributed by atoms with E-state index in [-0.39, 0.29) is 17.9 Å². The van der Waals surface area contributed by atoms with Crippen molar-refractivity contribution in [1.82, 2.24) is 4.57 Å². The molecule has 3 aromatic rings. The highest BCUT2D eigenvalue weighted by Gasteiger charge is 2.34. The summed E-state index contributed by atoms with van der Waals surface area (Å²) >= 11 is 1.13. The third-order valence-corrected chi connectivity index (χ3v) is 7.19. The first kappa shape index (κ1) is 28.5. The molecule has 2 aromatic carbocycles. The number of hydrogen-bond donors (Lipinski definition) is 0. The van der Waals surface area contributed by atoms with Crippen molar-refractivity contribution in [3.05, 3.63) is 107 Å². The van der Waals surface area contributed by atoms with Gasteiger partial charge in [0, 0.05) is 12.1 Å². The van der Waals surface area contributed by atoms with Gasteiger partial charge in [0.25, 0.3) is 11.2 Å². The maximum atomic E-state index is 13.8. The van der Waals surface area contributed by atoms with E-state index in [1.165, 1.54) is 29.9 Å². The number of thiazole rings is 1. The van der Waals surface area contributed by atoms with Crippen LogP contribution in [-0.4, -0.2) is 35.8 Å². The highest BCUT2D eigenvalue weighted by molar-refractivity contribution is 7.07. The first-order chi connectivity index (χ1) is 19.3. The lowest BCUT2D eigenvalue weighted by Gasteiger charge is -2.25. The van der Waals surface area contributed by atoms with E-state index in [2.05, 4.69) is 18.5 Å². The molecule has 0 spiro atoms. The Balaban J connectivity index is 1.89. The Hall–Kier alpha value is -4.51. The Bertz CT molecular complexity index is 1670. The molecule has 0 N–H and O–H groups in total. The summed E-state index contributed by atoms with van der Waals surface area (Å²) in [6.07, 6.45) is 4.90. The predicted molar refractivity (Wildman–Crippen MR) is 151 cm³/mol. The van der Waals surface area contributed by atoms with Crippen LogP contribution >= 0.6 is 11.3 Å². The van der Waals surface area contributed by atoms with Crippen LogP contribution < -0.4 is 24.4 Å². The van der Waals surface area contributed by atoms with Crippen LogP contribution in [0.15, 0.2) is 76.2 Å². The van der Waals surface area contributed by atoms with Crippen molar-refractivity contribution in [2.45, 2.75) is 32.7 Å². The SMILES string of the molecule is C=CCOC(=O)C1=C(C)N=c2sc(=Cc3cccc([N+](=O)[O-])c3)c(=O)n2C1c1ccc(OCCCC)c(OC)c1. The summed E-state index contributed by atoms with van der Waals surface area (Å²) in [5, 5.41) is 11.2. The van der Waals surface area contributed by atoms with Crippen LogP contribution in [0.2, 0.25) is 0 Å². The molecular weight excluding hydrogens is 534 g/mol. The van der Waals surface area contributed by atoms with Gasteiger partial charge < -0.3 is 14.2 Å². The molecule has 0 aliphatic carbocycles. The van der Waals surface area contributed by atoms with Gasteiger partial charge in [-0.05, 0) is 42.7 Å². The van der Waals surface area contributed by atoms with Crippen LogP contribution in [0.3, 0.4) is 0 Å². The molecule has 0 bridgehead atoms. The largest absolute Gasteiger partial charge is 0.493 e. The minimum absolute atomic E-state index is 0.00688. The number of rotatable bonds is 11. The van der Waals surface area contributed by atoms with E-state index in [0.29, 0.717) is 44.3 Å². The maximum Gasteiger partial charge on any atom is 0.338 e. The molecule has 2 heterocycles. The number of allylic oxidation sites excluding steroid dienone is 1. The number of aromatic nitrogens is 1. The second-order valence-corrected chi connectivity index (χ2v) is 9.94.